The van der Waals surface area contributed by atoms with Crippen LogP contribution >= 0.6 is 0 Å². The topological polar surface area (TPSA) is 78.5 Å². The molecule has 0 radical (unpaired) electrons. The summed E-state index contributed by atoms with van der Waals surface area (Å²) < 4.78 is 22.0. The van der Waals surface area contributed by atoms with Gasteiger partial charge in [0.15, 0.2) is 9.84 Å². The third kappa shape index (κ3) is 3.35. The van der Waals surface area contributed by atoms with Crippen LogP contribution in [0.2, 0.25) is 0 Å². The van der Waals surface area contributed by atoms with E-state index in [1.165, 1.54) is 11.1 Å². The van der Waals surface area contributed by atoms with Crippen LogP contribution in [0.4, 0.5) is 4.79 Å². The monoisotopic (exact) mass is 219 g/mol. The van der Waals surface area contributed by atoms with Gasteiger partial charge in [-0.3, -0.25) is 5.43 Å². The van der Waals surface area contributed by atoms with Crippen molar-refractivity contribution < 1.29 is 13.2 Å². The first kappa shape index (κ1) is 11.0. The maximum atomic E-state index is 11.1. The number of carbonyl (C=O) groups is 1. The highest BCUT2D eigenvalue weighted by Crippen LogP contribution is 2.07. The van der Waals surface area contributed by atoms with E-state index in [2.05, 4.69) is 10.7 Å². The Bertz CT molecular complexity index is 347. The molecule has 80 valence electrons. The second-order valence-electron chi connectivity index (χ2n) is 3.24. The lowest BCUT2D eigenvalue weighted by atomic mass is 10.3. The number of hydrogen-bond acceptors (Lipinski definition) is 4. The smallest absolute Gasteiger partial charge is 0.329 e. The molecule has 1 rings (SSSR count). The van der Waals surface area contributed by atoms with E-state index in [0.29, 0.717) is 0 Å². The summed E-state index contributed by atoms with van der Waals surface area (Å²) in [6.45, 7) is 0. The number of hydrazine groups is 1. The van der Waals surface area contributed by atoms with Gasteiger partial charge < -0.3 is 5.32 Å². The lowest BCUT2D eigenvalue weighted by molar-refractivity contribution is 0.211. The van der Waals surface area contributed by atoms with Crippen LogP contribution in [0.1, 0.15) is 0 Å². The molecule has 1 aliphatic rings. The van der Waals surface area contributed by atoms with Gasteiger partial charge in [0.25, 0.3) is 0 Å². The molecule has 2 N–H and O–H groups in total. The summed E-state index contributed by atoms with van der Waals surface area (Å²) in [6.07, 6.45) is 1.46. The van der Waals surface area contributed by atoms with Crippen molar-refractivity contribution in [2.24, 2.45) is 0 Å². The zero-order valence-corrected chi connectivity index (χ0v) is 8.84. The number of carbonyl (C=O) groups excluding carboxylic acids is 1. The van der Waals surface area contributed by atoms with E-state index in [9.17, 15) is 13.2 Å². The highest BCUT2D eigenvalue weighted by atomic mass is 32.2. The van der Waals surface area contributed by atoms with E-state index in [4.69, 9.17) is 0 Å². The minimum absolute atomic E-state index is 0.0617. The molecular formula is C7H13N3O3S. The van der Waals surface area contributed by atoms with Crippen LogP contribution < -0.4 is 10.7 Å². The second-order valence-corrected chi connectivity index (χ2v) is 5.18. The molecule has 0 aliphatic carbocycles. The highest BCUT2D eigenvalue weighted by Gasteiger charge is 2.22. The quantitative estimate of drug-likeness (QED) is 0.588. The summed E-state index contributed by atoms with van der Waals surface area (Å²) in [7, 11) is 0.229. The molecule has 1 aliphatic heterocycles. The molecule has 6 nitrogen and oxygen atoms in total. The van der Waals surface area contributed by atoms with Crippen molar-refractivity contribution in [1.29, 1.82) is 0 Å². The number of nitrogens with one attached hydrogen (secondary N) is 2. The summed E-state index contributed by atoms with van der Waals surface area (Å²) in [5.74, 6) is -0.0617. The predicted octanol–water partition coefficient (Wildman–Crippen LogP) is -0.927. The maximum absolute atomic E-state index is 11.1. The number of sulfone groups is 1. The summed E-state index contributed by atoms with van der Waals surface area (Å²) in [6, 6.07) is -0.846. The molecule has 14 heavy (non-hydrogen) atoms. The first-order chi connectivity index (χ1) is 6.39. The van der Waals surface area contributed by atoms with E-state index in [1.807, 2.05) is 0 Å². The van der Waals surface area contributed by atoms with Crippen LogP contribution in [0, 0.1) is 0 Å². The summed E-state index contributed by atoms with van der Waals surface area (Å²) >= 11 is 0. The molecule has 0 aromatic heterocycles. The van der Waals surface area contributed by atoms with Gasteiger partial charge >= 0.3 is 6.03 Å². The standard InChI is InChI=1S/C7H13N3O3S/c1-10(2)9-7(11)8-6-3-4-14(12,13)5-6/h3-4,6H,5H2,1-2H3,(H2,8,9,11). The van der Waals surface area contributed by atoms with Gasteiger partial charge in [-0.15, -0.1) is 0 Å². The Labute approximate surface area is 82.9 Å². The van der Waals surface area contributed by atoms with E-state index in [-0.39, 0.29) is 5.75 Å². The van der Waals surface area contributed by atoms with Gasteiger partial charge in [0.05, 0.1) is 11.8 Å². The van der Waals surface area contributed by atoms with Crippen molar-refractivity contribution in [2.75, 3.05) is 19.8 Å². The normalized spacial score (nSPS) is 23.8. The van der Waals surface area contributed by atoms with Crippen molar-refractivity contribution in [3.8, 4) is 0 Å². The molecule has 0 saturated carbocycles. The average Bonchev–Trinajstić information content (AvgIpc) is 2.27. The minimum atomic E-state index is -3.11. The van der Waals surface area contributed by atoms with Crippen molar-refractivity contribution in [1.82, 2.24) is 15.8 Å². The van der Waals surface area contributed by atoms with Crippen molar-refractivity contribution in [2.45, 2.75) is 6.04 Å². The SMILES string of the molecule is CN(C)NC(=O)NC1C=CS(=O)(=O)C1. The van der Waals surface area contributed by atoms with E-state index >= 15 is 0 Å². The average molecular weight is 219 g/mol. The van der Waals surface area contributed by atoms with E-state index < -0.39 is 21.9 Å². The van der Waals surface area contributed by atoms with Gasteiger partial charge in [-0.2, -0.15) is 0 Å². The lowest BCUT2D eigenvalue weighted by Crippen LogP contribution is -2.47. The van der Waals surface area contributed by atoms with Crippen LogP contribution in [0.15, 0.2) is 11.5 Å². The van der Waals surface area contributed by atoms with Gasteiger partial charge in [0.2, 0.25) is 0 Å². The first-order valence-electron chi connectivity index (χ1n) is 4.04. The second kappa shape index (κ2) is 3.97. The number of amides is 2. The highest BCUT2D eigenvalue weighted by molar-refractivity contribution is 7.94. The summed E-state index contributed by atoms with van der Waals surface area (Å²) in [4.78, 5) is 11.1. The van der Waals surface area contributed by atoms with Crippen LogP contribution in [0.25, 0.3) is 0 Å². The molecule has 7 heteroatoms. The van der Waals surface area contributed by atoms with Gasteiger partial charge in [0, 0.05) is 19.5 Å². The van der Waals surface area contributed by atoms with Crippen molar-refractivity contribution in [3.05, 3.63) is 11.5 Å². The molecule has 0 bridgehead atoms. The molecule has 1 heterocycles. The third-order valence-electron chi connectivity index (χ3n) is 1.57. The lowest BCUT2D eigenvalue weighted by Gasteiger charge is -2.15. The molecule has 0 spiro atoms. The van der Waals surface area contributed by atoms with E-state index in [0.717, 1.165) is 5.41 Å². The first-order valence-corrected chi connectivity index (χ1v) is 5.76. The Balaban J connectivity index is 2.41. The molecular weight excluding hydrogens is 206 g/mol. The Kier molecular flexibility index (Phi) is 3.12. The Morgan fingerprint density at radius 3 is 2.57 bits per heavy atom. The van der Waals surface area contributed by atoms with Gasteiger partial charge in [0.1, 0.15) is 0 Å². The zero-order valence-electron chi connectivity index (χ0n) is 8.02. The fraction of sp³-hybridized carbons (Fsp3) is 0.571. The predicted molar refractivity (Wildman–Crippen MR) is 52.1 cm³/mol. The maximum Gasteiger partial charge on any atom is 0.329 e. The summed E-state index contributed by atoms with van der Waals surface area (Å²) in [5.41, 5.74) is 2.45. The molecule has 0 aromatic carbocycles. The Morgan fingerprint density at radius 1 is 1.50 bits per heavy atom. The number of hydrogen-bond donors (Lipinski definition) is 2. The van der Waals surface area contributed by atoms with Crippen LogP contribution in [-0.4, -0.2) is 45.3 Å². The Morgan fingerprint density at radius 2 is 2.14 bits per heavy atom. The Hall–Kier alpha value is -1.08. The van der Waals surface area contributed by atoms with Crippen molar-refractivity contribution in [3.63, 3.8) is 0 Å². The zero-order chi connectivity index (χ0) is 10.8. The molecule has 1 atom stereocenters. The largest absolute Gasteiger partial charge is 0.330 e. The minimum Gasteiger partial charge on any atom is -0.330 e. The number of urea groups is 1. The van der Waals surface area contributed by atoms with Crippen molar-refractivity contribution >= 4 is 15.9 Å². The molecule has 1 unspecified atom stereocenters. The number of rotatable bonds is 2. The fourth-order valence-corrected chi connectivity index (χ4v) is 2.30. The van der Waals surface area contributed by atoms with E-state index in [1.54, 1.807) is 14.1 Å². The molecule has 0 saturated heterocycles. The molecule has 0 aromatic rings. The third-order valence-corrected chi connectivity index (χ3v) is 2.97. The fourth-order valence-electron chi connectivity index (χ4n) is 1.07. The van der Waals surface area contributed by atoms with Crippen LogP contribution in [-0.2, 0) is 9.84 Å². The van der Waals surface area contributed by atoms with Gasteiger partial charge in [-0.25, -0.2) is 18.2 Å². The molecule has 2 amide bonds. The number of nitrogens with zero attached hydrogens (tertiary/aromatic N) is 1. The van der Waals surface area contributed by atoms with Crippen LogP contribution in [0.5, 0.6) is 0 Å². The van der Waals surface area contributed by atoms with Gasteiger partial charge in [-0.1, -0.05) is 0 Å². The molecule has 0 fully saturated rings. The van der Waals surface area contributed by atoms with Gasteiger partial charge in [-0.05, 0) is 6.08 Å². The summed E-state index contributed by atoms with van der Waals surface area (Å²) in [5, 5.41) is 5.10. The van der Waals surface area contributed by atoms with Crippen LogP contribution in [0.3, 0.4) is 0 Å².